The average Bonchev–Trinajstić information content (AvgIpc) is 3.70. The molecule has 0 aromatic heterocycles. The smallest absolute Gasteiger partial charge is 0.326 e. The van der Waals surface area contributed by atoms with Crippen molar-refractivity contribution in [2.45, 2.75) is 149 Å². The maximum Gasteiger partial charge on any atom is 0.326 e. The van der Waals surface area contributed by atoms with Crippen LogP contribution in [0.2, 0.25) is 0 Å². The van der Waals surface area contributed by atoms with Crippen LogP contribution in [0.5, 0.6) is 5.75 Å². The minimum Gasteiger partial charge on any atom is -0.508 e. The number of benzene rings is 1. The molecule has 0 unspecified atom stereocenters. The summed E-state index contributed by atoms with van der Waals surface area (Å²) in [5.74, 6) is -9.21. The van der Waals surface area contributed by atoms with Crippen LogP contribution >= 0.6 is 0 Å². The SMILES string of the molecule is CC[C@H](C)[C@H](NC(=O)[C@@H](N)CC(=O)O)C(=O)N[C@@H](Cc1ccc(O)cc1)C(=O)N[C@@H](CC(C)C)C(=O)N[C@@H](C)C(=O)N[C@H](C(=O)N[C@H](C(=O)N1CCC[C@H]1C(=O)O)C(C)C)C(C)C. The molecule has 0 saturated carbocycles. The Bertz CT molecular complexity index is 1790. The summed E-state index contributed by atoms with van der Waals surface area (Å²) in [7, 11) is 0. The summed E-state index contributed by atoms with van der Waals surface area (Å²) in [6, 6.07) is -3.87. The number of carboxylic acids is 2. The van der Waals surface area contributed by atoms with Gasteiger partial charge in [0.05, 0.1) is 12.5 Å². The van der Waals surface area contributed by atoms with E-state index >= 15 is 0 Å². The minimum atomic E-state index is -1.45. The number of aliphatic carboxylic acids is 2. The van der Waals surface area contributed by atoms with E-state index in [0.29, 0.717) is 24.8 Å². The van der Waals surface area contributed by atoms with Crippen molar-refractivity contribution in [3.05, 3.63) is 29.8 Å². The van der Waals surface area contributed by atoms with E-state index < -0.39 is 126 Å². The third-order valence-corrected chi connectivity index (χ3v) is 10.9. The van der Waals surface area contributed by atoms with Gasteiger partial charge in [-0.25, -0.2) is 4.79 Å². The molecule has 1 saturated heterocycles. The van der Waals surface area contributed by atoms with Gasteiger partial charge in [0.15, 0.2) is 0 Å². The number of nitrogens with zero attached hydrogens (tertiary/aromatic N) is 1. The van der Waals surface area contributed by atoms with Crippen molar-refractivity contribution in [3.8, 4) is 5.75 Å². The van der Waals surface area contributed by atoms with Crippen molar-refractivity contribution < 1.29 is 58.5 Å². The van der Waals surface area contributed by atoms with Crippen LogP contribution in [0.15, 0.2) is 24.3 Å². The topological polar surface area (TPSA) is 316 Å². The third-order valence-electron chi connectivity index (χ3n) is 10.9. The first-order chi connectivity index (χ1) is 29.4. The van der Waals surface area contributed by atoms with E-state index in [4.69, 9.17) is 10.8 Å². The van der Waals surface area contributed by atoms with Crippen molar-refractivity contribution in [2.75, 3.05) is 6.54 Å². The molecule has 63 heavy (non-hydrogen) atoms. The number of hydrogen-bond acceptors (Lipinski definition) is 11. The Hall–Kier alpha value is -5.79. The lowest BCUT2D eigenvalue weighted by Crippen LogP contribution is -2.61. The fraction of sp³-hybridized carbons (Fsp3) is 0.651. The van der Waals surface area contributed by atoms with E-state index in [1.807, 2.05) is 0 Å². The zero-order valence-corrected chi connectivity index (χ0v) is 37.7. The van der Waals surface area contributed by atoms with Gasteiger partial charge in [0, 0.05) is 13.0 Å². The Kier molecular flexibility index (Phi) is 21.0. The van der Waals surface area contributed by atoms with Crippen LogP contribution in [0.25, 0.3) is 0 Å². The van der Waals surface area contributed by atoms with Gasteiger partial charge in [0.2, 0.25) is 41.4 Å². The number of phenolic OH excluding ortho intramolecular Hbond substituents is 1. The van der Waals surface area contributed by atoms with Gasteiger partial charge in [0.1, 0.15) is 48.0 Å². The van der Waals surface area contributed by atoms with Crippen LogP contribution in [0.4, 0.5) is 0 Å². The lowest BCUT2D eigenvalue weighted by Gasteiger charge is -2.31. The first-order valence-electron chi connectivity index (χ1n) is 21.5. The molecule has 1 fully saturated rings. The minimum absolute atomic E-state index is 0.0451. The Morgan fingerprint density at radius 2 is 1.21 bits per heavy atom. The number of likely N-dealkylation sites (tertiary alicyclic amines) is 1. The molecule has 2 rings (SSSR count). The second-order valence-electron chi connectivity index (χ2n) is 17.4. The zero-order valence-electron chi connectivity index (χ0n) is 37.7. The van der Waals surface area contributed by atoms with Gasteiger partial charge >= 0.3 is 11.9 Å². The number of nitrogens with one attached hydrogen (secondary N) is 6. The molecule has 0 aliphatic carbocycles. The van der Waals surface area contributed by atoms with Crippen molar-refractivity contribution >= 4 is 53.3 Å². The molecular formula is C43H68N8O12. The van der Waals surface area contributed by atoms with E-state index in [2.05, 4.69) is 31.9 Å². The maximum atomic E-state index is 14.1. The van der Waals surface area contributed by atoms with Gasteiger partial charge in [-0.3, -0.25) is 38.4 Å². The van der Waals surface area contributed by atoms with Crippen LogP contribution in [-0.4, -0.2) is 128 Å². The predicted octanol–water partition coefficient (Wildman–Crippen LogP) is 0.145. The molecule has 9 atom stereocenters. The van der Waals surface area contributed by atoms with Crippen molar-refractivity contribution in [1.29, 1.82) is 0 Å². The molecule has 11 N–H and O–H groups in total. The second kappa shape index (κ2) is 24.7. The number of carbonyl (C=O) groups excluding carboxylic acids is 7. The summed E-state index contributed by atoms with van der Waals surface area (Å²) < 4.78 is 0. The lowest BCUT2D eigenvalue weighted by molar-refractivity contribution is -0.150. The molecule has 1 aliphatic rings. The van der Waals surface area contributed by atoms with Gasteiger partial charge in [-0.2, -0.15) is 0 Å². The molecular weight excluding hydrogens is 821 g/mol. The quantitative estimate of drug-likeness (QED) is 0.0662. The van der Waals surface area contributed by atoms with Gasteiger partial charge in [-0.15, -0.1) is 0 Å². The number of aromatic hydroxyl groups is 1. The normalized spacial score (nSPS) is 17.6. The molecule has 7 amide bonds. The molecule has 0 bridgehead atoms. The molecule has 1 aromatic carbocycles. The second-order valence-corrected chi connectivity index (χ2v) is 17.4. The Morgan fingerprint density at radius 3 is 1.73 bits per heavy atom. The first-order valence-corrected chi connectivity index (χ1v) is 21.5. The van der Waals surface area contributed by atoms with Crippen molar-refractivity contribution in [3.63, 3.8) is 0 Å². The standard InChI is InChI=1S/C43H68N8O12/c1-10-24(8)35(50-37(56)28(44)20-32(53)54)41(60)47-30(19-26-13-15-27(52)16-14-26)39(58)46-29(18-21(2)3)38(57)45-25(9)36(55)48-33(22(4)5)40(59)49-34(23(6)7)42(61)51-17-11-12-31(51)43(62)63/h13-16,21-25,28-31,33-35,52H,10-12,17-20,44H2,1-9H3,(H,45,57)(H,46,58)(H,47,60)(H,48,55)(H,49,59)(H,50,56)(H,53,54)(H,62,63)/t24-,25-,28-,29-,30-,31-,33-,34-,35-/m0/s1. The molecule has 1 aromatic rings. The van der Waals surface area contributed by atoms with E-state index in [0.717, 1.165) is 0 Å². The van der Waals surface area contributed by atoms with Crippen LogP contribution < -0.4 is 37.6 Å². The van der Waals surface area contributed by atoms with E-state index in [1.54, 1.807) is 55.4 Å². The van der Waals surface area contributed by atoms with E-state index in [9.17, 15) is 53.4 Å². The molecule has 20 nitrogen and oxygen atoms in total. The Labute approximate surface area is 368 Å². The van der Waals surface area contributed by atoms with E-state index in [1.165, 1.54) is 36.1 Å². The summed E-state index contributed by atoms with van der Waals surface area (Å²) in [5.41, 5.74) is 6.27. The molecule has 1 heterocycles. The molecule has 0 spiro atoms. The number of phenols is 1. The number of amides is 7. The Morgan fingerprint density at radius 1 is 0.683 bits per heavy atom. The van der Waals surface area contributed by atoms with Crippen LogP contribution in [-0.2, 0) is 49.6 Å². The van der Waals surface area contributed by atoms with Crippen LogP contribution in [0.3, 0.4) is 0 Å². The van der Waals surface area contributed by atoms with Crippen molar-refractivity contribution in [2.24, 2.45) is 29.4 Å². The third kappa shape index (κ3) is 16.4. The number of rotatable bonds is 24. The first kappa shape index (κ1) is 53.3. The van der Waals surface area contributed by atoms with Crippen molar-refractivity contribution in [1.82, 2.24) is 36.8 Å². The lowest BCUT2D eigenvalue weighted by atomic mass is 9.96. The van der Waals surface area contributed by atoms with Gasteiger partial charge in [0.25, 0.3) is 0 Å². The average molecular weight is 889 g/mol. The fourth-order valence-electron chi connectivity index (χ4n) is 6.97. The monoisotopic (exact) mass is 888 g/mol. The summed E-state index contributed by atoms with van der Waals surface area (Å²) >= 11 is 0. The number of carboxylic acid groups (broad SMARTS) is 2. The number of carbonyl (C=O) groups is 9. The summed E-state index contributed by atoms with van der Waals surface area (Å²) in [6.45, 7) is 15.4. The molecule has 1 aliphatic heterocycles. The van der Waals surface area contributed by atoms with Gasteiger partial charge in [-0.05, 0) is 67.6 Å². The predicted molar refractivity (Wildman–Crippen MR) is 230 cm³/mol. The van der Waals surface area contributed by atoms with Gasteiger partial charge < -0.3 is 57.9 Å². The summed E-state index contributed by atoms with van der Waals surface area (Å²) in [5, 5.41) is 44.3. The summed E-state index contributed by atoms with van der Waals surface area (Å²) in [6.07, 6.45) is 0.493. The van der Waals surface area contributed by atoms with Crippen LogP contribution in [0.1, 0.15) is 100.0 Å². The highest BCUT2D eigenvalue weighted by Gasteiger charge is 2.40. The largest absolute Gasteiger partial charge is 0.508 e. The number of nitrogens with two attached hydrogens (primary N) is 1. The highest BCUT2D eigenvalue weighted by Crippen LogP contribution is 2.21. The van der Waals surface area contributed by atoms with E-state index in [-0.39, 0.29) is 31.1 Å². The Balaban J connectivity index is 2.30. The maximum absolute atomic E-state index is 14.1. The molecule has 20 heteroatoms. The van der Waals surface area contributed by atoms with Crippen LogP contribution in [0, 0.1) is 23.7 Å². The molecule has 352 valence electrons. The summed E-state index contributed by atoms with van der Waals surface area (Å²) in [4.78, 5) is 119. The van der Waals surface area contributed by atoms with Gasteiger partial charge in [-0.1, -0.05) is 73.9 Å². The zero-order chi connectivity index (χ0) is 47.9. The highest BCUT2D eigenvalue weighted by molar-refractivity contribution is 5.98. The fourth-order valence-corrected chi connectivity index (χ4v) is 6.97. The molecule has 0 radical (unpaired) electrons. The highest BCUT2D eigenvalue weighted by atomic mass is 16.4. The number of hydrogen-bond donors (Lipinski definition) is 10.